The number of ether oxygens (including phenoxy) is 3. The first-order valence-corrected chi connectivity index (χ1v) is 8.94. The van der Waals surface area contributed by atoms with E-state index < -0.39 is 17.4 Å². The topological polar surface area (TPSA) is 106 Å². The van der Waals surface area contributed by atoms with E-state index in [2.05, 4.69) is 10.6 Å². The molecular weight excluding hydrogens is 364 g/mol. The number of rotatable bonds is 4. The first-order valence-electron chi connectivity index (χ1n) is 8.94. The van der Waals surface area contributed by atoms with E-state index in [0.29, 0.717) is 35.8 Å². The summed E-state index contributed by atoms with van der Waals surface area (Å²) in [7, 11) is 0. The Kier molecular flexibility index (Phi) is 4.79. The van der Waals surface area contributed by atoms with Gasteiger partial charge in [-0.05, 0) is 23.8 Å². The molecule has 3 N–H and O–H groups in total. The highest BCUT2D eigenvalue weighted by atomic mass is 16.7. The molecule has 2 aliphatic rings. The van der Waals surface area contributed by atoms with Gasteiger partial charge in [-0.1, -0.05) is 24.3 Å². The SMILES string of the molecule is O=C(NCc1ccc2c(c1)OCO2)C(=O)NC[C@@]1(O)CCOc2ccccc21. The lowest BCUT2D eigenvalue weighted by Gasteiger charge is -2.34. The third kappa shape index (κ3) is 3.59. The van der Waals surface area contributed by atoms with Crippen LogP contribution >= 0.6 is 0 Å². The van der Waals surface area contributed by atoms with E-state index in [9.17, 15) is 14.7 Å². The lowest BCUT2D eigenvalue weighted by Crippen LogP contribution is -2.47. The standard InChI is InChI=1S/C20H20N2O6/c23-18(21-10-13-5-6-16-17(9-13)28-12-27-16)19(24)22-11-20(25)7-8-26-15-4-2-1-3-14(15)20/h1-6,9,25H,7-8,10-12H2,(H,21,23)(H,22,24)/t20-/m0/s1. The van der Waals surface area contributed by atoms with Crippen molar-refractivity contribution in [1.29, 1.82) is 0 Å². The van der Waals surface area contributed by atoms with Crippen molar-refractivity contribution in [3.63, 3.8) is 0 Å². The molecule has 0 bridgehead atoms. The third-order valence-corrected chi connectivity index (χ3v) is 4.80. The molecule has 2 aromatic rings. The van der Waals surface area contributed by atoms with Crippen LogP contribution in [0.5, 0.6) is 17.2 Å². The number of para-hydroxylation sites is 1. The predicted octanol–water partition coefficient (Wildman–Crippen LogP) is 0.818. The van der Waals surface area contributed by atoms with E-state index in [-0.39, 0.29) is 19.9 Å². The predicted molar refractivity (Wildman–Crippen MR) is 97.9 cm³/mol. The molecule has 146 valence electrons. The van der Waals surface area contributed by atoms with Gasteiger partial charge in [-0.25, -0.2) is 0 Å². The zero-order valence-electron chi connectivity index (χ0n) is 15.1. The molecular formula is C20H20N2O6. The summed E-state index contributed by atoms with van der Waals surface area (Å²) >= 11 is 0. The van der Waals surface area contributed by atoms with Crippen molar-refractivity contribution in [1.82, 2.24) is 10.6 Å². The van der Waals surface area contributed by atoms with Crippen LogP contribution in [0.15, 0.2) is 42.5 Å². The van der Waals surface area contributed by atoms with Crippen molar-refractivity contribution in [3.8, 4) is 17.2 Å². The Hall–Kier alpha value is -3.26. The highest BCUT2D eigenvalue weighted by Crippen LogP contribution is 2.36. The molecule has 8 heteroatoms. The Morgan fingerprint density at radius 1 is 0.964 bits per heavy atom. The zero-order valence-corrected chi connectivity index (χ0v) is 15.1. The number of nitrogens with one attached hydrogen (secondary N) is 2. The van der Waals surface area contributed by atoms with E-state index in [1.807, 2.05) is 6.07 Å². The van der Waals surface area contributed by atoms with Gasteiger partial charge in [-0.3, -0.25) is 9.59 Å². The summed E-state index contributed by atoms with van der Waals surface area (Å²) in [6.07, 6.45) is 0.323. The number of aliphatic hydroxyl groups is 1. The molecule has 2 aromatic carbocycles. The van der Waals surface area contributed by atoms with Gasteiger partial charge < -0.3 is 30.0 Å². The minimum atomic E-state index is -1.28. The number of benzene rings is 2. The second-order valence-corrected chi connectivity index (χ2v) is 6.68. The van der Waals surface area contributed by atoms with Gasteiger partial charge in [0.25, 0.3) is 0 Å². The molecule has 28 heavy (non-hydrogen) atoms. The Morgan fingerprint density at radius 2 is 1.75 bits per heavy atom. The van der Waals surface area contributed by atoms with Gasteiger partial charge in [-0.15, -0.1) is 0 Å². The Labute approximate surface area is 161 Å². The fourth-order valence-corrected chi connectivity index (χ4v) is 3.25. The Morgan fingerprint density at radius 3 is 2.64 bits per heavy atom. The third-order valence-electron chi connectivity index (χ3n) is 4.80. The molecule has 0 unspecified atom stereocenters. The number of carbonyl (C=O) groups is 2. The van der Waals surface area contributed by atoms with Crippen LogP contribution in [-0.2, 0) is 21.7 Å². The van der Waals surface area contributed by atoms with Gasteiger partial charge in [0, 0.05) is 18.5 Å². The van der Waals surface area contributed by atoms with Crippen LogP contribution in [0.25, 0.3) is 0 Å². The summed E-state index contributed by atoms with van der Waals surface area (Å²) < 4.78 is 16.0. The molecule has 2 aliphatic heterocycles. The quantitative estimate of drug-likeness (QED) is 0.674. The number of amides is 2. The highest BCUT2D eigenvalue weighted by molar-refractivity contribution is 6.35. The first kappa shape index (κ1) is 18.1. The number of fused-ring (bicyclic) bond motifs is 2. The van der Waals surface area contributed by atoms with Crippen molar-refractivity contribution in [3.05, 3.63) is 53.6 Å². The van der Waals surface area contributed by atoms with Crippen LogP contribution in [-0.4, -0.2) is 36.9 Å². The van der Waals surface area contributed by atoms with Gasteiger partial charge in [0.2, 0.25) is 6.79 Å². The largest absolute Gasteiger partial charge is 0.493 e. The molecule has 2 heterocycles. The maximum Gasteiger partial charge on any atom is 0.309 e. The molecule has 0 saturated heterocycles. The fourth-order valence-electron chi connectivity index (χ4n) is 3.25. The Balaban J connectivity index is 1.32. The average Bonchev–Trinajstić information content (AvgIpc) is 3.18. The zero-order chi connectivity index (χ0) is 19.6. The molecule has 2 amide bonds. The molecule has 4 rings (SSSR count). The van der Waals surface area contributed by atoms with Crippen molar-refractivity contribution < 1.29 is 28.9 Å². The van der Waals surface area contributed by atoms with Crippen molar-refractivity contribution in [2.75, 3.05) is 19.9 Å². The van der Waals surface area contributed by atoms with E-state index >= 15 is 0 Å². The molecule has 0 spiro atoms. The summed E-state index contributed by atoms with van der Waals surface area (Å²) in [5.74, 6) is 0.256. The first-order chi connectivity index (χ1) is 13.5. The van der Waals surface area contributed by atoms with Crippen molar-refractivity contribution in [2.45, 2.75) is 18.6 Å². The molecule has 0 saturated carbocycles. The van der Waals surface area contributed by atoms with Gasteiger partial charge in [0.1, 0.15) is 11.4 Å². The van der Waals surface area contributed by atoms with Crippen molar-refractivity contribution in [2.24, 2.45) is 0 Å². The minimum Gasteiger partial charge on any atom is -0.493 e. The van der Waals surface area contributed by atoms with E-state index in [0.717, 1.165) is 5.56 Å². The van der Waals surface area contributed by atoms with Crippen LogP contribution in [0.3, 0.4) is 0 Å². The normalized spacial score (nSPS) is 19.3. The maximum atomic E-state index is 12.1. The summed E-state index contributed by atoms with van der Waals surface area (Å²) in [4.78, 5) is 24.2. The smallest absolute Gasteiger partial charge is 0.309 e. The van der Waals surface area contributed by atoms with Gasteiger partial charge in [0.05, 0.1) is 13.2 Å². The van der Waals surface area contributed by atoms with Crippen LogP contribution in [0.4, 0.5) is 0 Å². The summed E-state index contributed by atoms with van der Waals surface area (Å²) in [5.41, 5.74) is 0.104. The Bertz CT molecular complexity index is 915. The van der Waals surface area contributed by atoms with Crippen LogP contribution in [0, 0.1) is 0 Å². The van der Waals surface area contributed by atoms with E-state index in [1.54, 1.807) is 36.4 Å². The van der Waals surface area contributed by atoms with Crippen LogP contribution in [0.1, 0.15) is 17.5 Å². The van der Waals surface area contributed by atoms with Gasteiger partial charge in [0.15, 0.2) is 11.5 Å². The summed E-state index contributed by atoms with van der Waals surface area (Å²) in [6.45, 7) is 0.595. The maximum absolute atomic E-state index is 12.1. The molecule has 1 atom stereocenters. The lowest BCUT2D eigenvalue weighted by atomic mass is 9.88. The van der Waals surface area contributed by atoms with E-state index in [4.69, 9.17) is 14.2 Å². The molecule has 0 aliphatic carbocycles. The minimum absolute atomic E-state index is 0.0797. The monoisotopic (exact) mass is 384 g/mol. The summed E-state index contributed by atoms with van der Waals surface area (Å²) in [6, 6.07) is 12.4. The lowest BCUT2D eigenvalue weighted by molar-refractivity contribution is -0.140. The average molecular weight is 384 g/mol. The second kappa shape index (κ2) is 7.40. The van der Waals surface area contributed by atoms with E-state index in [1.165, 1.54) is 0 Å². The van der Waals surface area contributed by atoms with Crippen molar-refractivity contribution >= 4 is 11.8 Å². The number of hydrogen-bond acceptors (Lipinski definition) is 6. The van der Waals surface area contributed by atoms with Crippen LogP contribution < -0.4 is 24.8 Å². The fraction of sp³-hybridized carbons (Fsp3) is 0.300. The molecule has 8 nitrogen and oxygen atoms in total. The molecule has 0 radical (unpaired) electrons. The number of carbonyl (C=O) groups excluding carboxylic acids is 2. The van der Waals surface area contributed by atoms with Gasteiger partial charge in [-0.2, -0.15) is 0 Å². The summed E-state index contributed by atoms with van der Waals surface area (Å²) in [5, 5.41) is 16.0. The van der Waals surface area contributed by atoms with Gasteiger partial charge >= 0.3 is 11.8 Å². The highest BCUT2D eigenvalue weighted by Gasteiger charge is 2.36. The molecule has 0 aromatic heterocycles. The molecule has 0 fully saturated rings. The second-order valence-electron chi connectivity index (χ2n) is 6.68. The number of hydrogen-bond donors (Lipinski definition) is 3. The van der Waals surface area contributed by atoms with Crippen LogP contribution in [0.2, 0.25) is 0 Å².